The fraction of sp³-hybridized carbons (Fsp3) is 0.455. The molecule has 1 unspecified atom stereocenters. The molecule has 0 bridgehead atoms. The van der Waals surface area contributed by atoms with Crippen LogP contribution in [0.2, 0.25) is 0 Å². The summed E-state index contributed by atoms with van der Waals surface area (Å²) < 4.78 is 64.6. The average Bonchev–Trinajstić information content (AvgIpc) is 2.22. The minimum Gasteiger partial charge on any atom is -0.591 e. The van der Waals surface area contributed by atoms with E-state index in [-0.39, 0.29) is 5.56 Å². The molecule has 0 amide bonds. The van der Waals surface area contributed by atoms with Gasteiger partial charge in [0.15, 0.2) is 11.5 Å². The molecule has 0 spiro atoms. The Morgan fingerprint density at radius 2 is 1.89 bits per heavy atom. The molecule has 0 N–H and O–H groups in total. The zero-order chi connectivity index (χ0) is 14.8. The largest absolute Gasteiger partial charge is 0.591 e. The van der Waals surface area contributed by atoms with Crippen LogP contribution >= 0.6 is 0 Å². The molecule has 0 saturated heterocycles. The van der Waals surface area contributed by atoms with Gasteiger partial charge in [-0.3, -0.25) is 0 Å². The normalized spacial score (nSPS) is 14.9. The second-order valence-electron chi connectivity index (χ2n) is 4.69. The van der Waals surface area contributed by atoms with Gasteiger partial charge in [-0.2, -0.15) is 13.2 Å². The Bertz CT molecular complexity index is 483. The standard InChI is InChI=1S/C11H12F4N2OS/c1-10(2,3)19(18)17-6-7-4-8(12)9(16-5-7)11(13,14)15/h4-6H,1-3H3. The first-order valence-electron chi connectivity index (χ1n) is 5.20. The number of aromatic nitrogens is 1. The highest BCUT2D eigenvalue weighted by Gasteiger charge is 2.36. The van der Waals surface area contributed by atoms with E-state index in [0.29, 0.717) is 6.07 Å². The van der Waals surface area contributed by atoms with Crippen LogP contribution < -0.4 is 0 Å². The quantitative estimate of drug-likeness (QED) is 0.478. The third kappa shape index (κ3) is 4.46. The lowest BCUT2D eigenvalue weighted by Gasteiger charge is -2.17. The number of hydrogen-bond donors (Lipinski definition) is 0. The van der Waals surface area contributed by atoms with Crippen molar-refractivity contribution >= 4 is 17.6 Å². The van der Waals surface area contributed by atoms with E-state index in [9.17, 15) is 22.1 Å². The van der Waals surface area contributed by atoms with Gasteiger partial charge in [0.1, 0.15) is 16.1 Å². The Hall–Kier alpha value is -1.15. The first kappa shape index (κ1) is 15.9. The molecule has 0 saturated carbocycles. The van der Waals surface area contributed by atoms with E-state index >= 15 is 0 Å². The van der Waals surface area contributed by atoms with Crippen molar-refractivity contribution in [1.29, 1.82) is 0 Å². The van der Waals surface area contributed by atoms with Crippen molar-refractivity contribution in [3.8, 4) is 0 Å². The van der Waals surface area contributed by atoms with E-state index in [2.05, 4.69) is 9.38 Å². The molecular formula is C11H12F4N2OS. The Morgan fingerprint density at radius 1 is 1.32 bits per heavy atom. The summed E-state index contributed by atoms with van der Waals surface area (Å²) in [6, 6.07) is 0.652. The maximum Gasteiger partial charge on any atom is 0.436 e. The van der Waals surface area contributed by atoms with E-state index in [4.69, 9.17) is 0 Å². The Kier molecular flexibility index (Phi) is 4.57. The SMILES string of the molecule is CC(C)(C)[S+]([O-])N=Cc1cnc(C(F)(F)F)c(F)c1. The van der Waals surface area contributed by atoms with Gasteiger partial charge in [-0.05, 0) is 26.8 Å². The number of alkyl halides is 3. The summed E-state index contributed by atoms with van der Waals surface area (Å²) >= 11 is -1.57. The van der Waals surface area contributed by atoms with Crippen molar-refractivity contribution in [2.24, 2.45) is 4.40 Å². The number of pyridine rings is 1. The van der Waals surface area contributed by atoms with Gasteiger partial charge in [0.25, 0.3) is 0 Å². The summed E-state index contributed by atoms with van der Waals surface area (Å²) in [5, 5.41) is 0. The molecule has 1 rings (SSSR count). The van der Waals surface area contributed by atoms with Crippen molar-refractivity contribution in [3.05, 3.63) is 29.3 Å². The zero-order valence-electron chi connectivity index (χ0n) is 10.5. The van der Waals surface area contributed by atoms with Crippen LogP contribution in [0, 0.1) is 5.82 Å². The van der Waals surface area contributed by atoms with Crippen LogP contribution in [0.15, 0.2) is 16.7 Å². The fourth-order valence-corrected chi connectivity index (χ4v) is 1.53. The number of nitrogens with zero attached hydrogens (tertiary/aromatic N) is 2. The summed E-state index contributed by atoms with van der Waals surface area (Å²) in [5.74, 6) is -1.49. The highest BCUT2D eigenvalue weighted by molar-refractivity contribution is 7.91. The lowest BCUT2D eigenvalue weighted by atomic mass is 10.2. The minimum absolute atomic E-state index is 0.0168. The van der Waals surface area contributed by atoms with Gasteiger partial charge < -0.3 is 4.55 Å². The van der Waals surface area contributed by atoms with Gasteiger partial charge in [-0.1, -0.05) is 4.40 Å². The van der Waals surface area contributed by atoms with Crippen molar-refractivity contribution in [1.82, 2.24) is 4.98 Å². The second-order valence-corrected chi connectivity index (χ2v) is 6.63. The minimum atomic E-state index is -4.84. The van der Waals surface area contributed by atoms with E-state index in [0.717, 1.165) is 12.4 Å². The van der Waals surface area contributed by atoms with Gasteiger partial charge in [-0.25, -0.2) is 9.37 Å². The summed E-state index contributed by atoms with van der Waals surface area (Å²) in [6.07, 6.45) is -2.97. The summed E-state index contributed by atoms with van der Waals surface area (Å²) in [4.78, 5) is 3.00. The van der Waals surface area contributed by atoms with Crippen LogP contribution in [0.1, 0.15) is 32.0 Å². The zero-order valence-corrected chi connectivity index (χ0v) is 11.3. The van der Waals surface area contributed by atoms with Crippen LogP contribution in [0.4, 0.5) is 17.6 Å². The van der Waals surface area contributed by atoms with Gasteiger partial charge in [0.2, 0.25) is 0 Å². The summed E-state index contributed by atoms with van der Waals surface area (Å²) in [5.41, 5.74) is -1.57. The molecule has 0 fully saturated rings. The third-order valence-corrected chi connectivity index (χ3v) is 3.30. The molecule has 8 heteroatoms. The molecule has 3 nitrogen and oxygen atoms in total. The molecule has 19 heavy (non-hydrogen) atoms. The van der Waals surface area contributed by atoms with Crippen LogP contribution in [-0.2, 0) is 17.5 Å². The number of rotatable bonds is 2. The maximum atomic E-state index is 13.2. The molecule has 0 aliphatic rings. The maximum absolute atomic E-state index is 13.2. The Balaban J connectivity index is 2.94. The first-order valence-corrected chi connectivity index (χ1v) is 6.31. The lowest BCUT2D eigenvalue weighted by molar-refractivity contribution is -0.143. The predicted molar refractivity (Wildman–Crippen MR) is 64.7 cm³/mol. The first-order chi connectivity index (χ1) is 8.51. The van der Waals surface area contributed by atoms with Gasteiger partial charge in [0.05, 0.1) is 6.21 Å². The Morgan fingerprint density at radius 3 is 2.32 bits per heavy atom. The van der Waals surface area contributed by atoms with Crippen molar-refractivity contribution < 1.29 is 22.1 Å². The highest BCUT2D eigenvalue weighted by Crippen LogP contribution is 2.29. The lowest BCUT2D eigenvalue weighted by Crippen LogP contribution is -2.25. The molecule has 106 valence electrons. The molecular weight excluding hydrogens is 284 g/mol. The molecule has 0 radical (unpaired) electrons. The van der Waals surface area contributed by atoms with E-state index in [1.54, 1.807) is 20.8 Å². The fourth-order valence-electron chi connectivity index (χ4n) is 0.999. The molecule has 1 heterocycles. The predicted octanol–water partition coefficient (Wildman–Crippen LogP) is 3.12. The molecule has 0 aliphatic heterocycles. The monoisotopic (exact) mass is 296 g/mol. The number of halogens is 4. The van der Waals surface area contributed by atoms with Gasteiger partial charge in [0, 0.05) is 11.8 Å². The topological polar surface area (TPSA) is 48.3 Å². The van der Waals surface area contributed by atoms with Crippen LogP contribution in [0.25, 0.3) is 0 Å². The van der Waals surface area contributed by atoms with E-state index in [1.165, 1.54) is 0 Å². The Labute approximate surface area is 111 Å². The van der Waals surface area contributed by atoms with Crippen molar-refractivity contribution in [2.45, 2.75) is 31.7 Å². The molecule has 0 aliphatic carbocycles. The third-order valence-electron chi connectivity index (χ3n) is 1.95. The van der Waals surface area contributed by atoms with Crippen molar-refractivity contribution in [3.63, 3.8) is 0 Å². The molecule has 0 aromatic carbocycles. The van der Waals surface area contributed by atoms with E-state index < -0.39 is 33.8 Å². The molecule has 1 aromatic heterocycles. The highest BCUT2D eigenvalue weighted by atomic mass is 32.2. The molecule has 1 aromatic rings. The van der Waals surface area contributed by atoms with E-state index in [1.807, 2.05) is 0 Å². The van der Waals surface area contributed by atoms with Crippen LogP contribution in [0.5, 0.6) is 0 Å². The van der Waals surface area contributed by atoms with Crippen molar-refractivity contribution in [2.75, 3.05) is 0 Å². The summed E-state index contributed by atoms with van der Waals surface area (Å²) in [6.45, 7) is 5.06. The molecule has 1 atom stereocenters. The second kappa shape index (κ2) is 5.46. The summed E-state index contributed by atoms with van der Waals surface area (Å²) in [7, 11) is 0. The number of hydrogen-bond acceptors (Lipinski definition) is 3. The smallest absolute Gasteiger partial charge is 0.436 e. The van der Waals surface area contributed by atoms with Crippen LogP contribution in [-0.4, -0.2) is 20.5 Å². The van der Waals surface area contributed by atoms with Gasteiger partial charge in [-0.15, -0.1) is 0 Å². The van der Waals surface area contributed by atoms with Crippen LogP contribution in [0.3, 0.4) is 0 Å². The van der Waals surface area contributed by atoms with Gasteiger partial charge >= 0.3 is 6.18 Å². The average molecular weight is 296 g/mol.